The van der Waals surface area contributed by atoms with E-state index in [9.17, 15) is 9.59 Å². The zero-order chi connectivity index (χ0) is 21.0. The van der Waals surface area contributed by atoms with E-state index in [2.05, 4.69) is 0 Å². The van der Waals surface area contributed by atoms with Gasteiger partial charge in [0, 0.05) is 10.8 Å². The fourth-order valence-electron chi connectivity index (χ4n) is 1.82. The predicted molar refractivity (Wildman–Crippen MR) is 96.6 cm³/mol. The van der Waals surface area contributed by atoms with Gasteiger partial charge in [-0.2, -0.15) is 0 Å². The molecule has 1 rings (SSSR count). The van der Waals surface area contributed by atoms with E-state index in [4.69, 9.17) is 30.6 Å². The molecule has 8 heteroatoms. The highest BCUT2D eigenvalue weighted by molar-refractivity contribution is 5.80. The highest BCUT2D eigenvalue weighted by atomic mass is 16.4. The lowest BCUT2D eigenvalue weighted by Gasteiger charge is -2.24. The second-order valence-corrected chi connectivity index (χ2v) is 8.13. The first-order chi connectivity index (χ1) is 11.9. The van der Waals surface area contributed by atoms with Gasteiger partial charge in [-0.25, -0.2) is 0 Å². The van der Waals surface area contributed by atoms with Crippen LogP contribution in [-0.4, -0.2) is 69.0 Å². The largest absolute Gasteiger partial charge is 0.481 e. The van der Waals surface area contributed by atoms with Crippen LogP contribution in [0.4, 0.5) is 0 Å². The summed E-state index contributed by atoms with van der Waals surface area (Å²) in [6.45, 7) is 7.38. The maximum Gasteiger partial charge on any atom is 0.307 e. The van der Waals surface area contributed by atoms with E-state index in [-0.39, 0.29) is 37.3 Å². The molecule has 1 aliphatic rings. The van der Waals surface area contributed by atoms with Crippen molar-refractivity contribution < 1.29 is 40.2 Å². The molecular weight excluding hydrogens is 344 g/mol. The normalized spacial score (nSPS) is 20.2. The summed E-state index contributed by atoms with van der Waals surface area (Å²) in [5.74, 6) is -3.28. The van der Waals surface area contributed by atoms with E-state index >= 15 is 0 Å². The molecule has 2 unspecified atom stereocenters. The average Bonchev–Trinajstić information content (AvgIpc) is 2.62. The van der Waals surface area contributed by atoms with Gasteiger partial charge in [0.1, 0.15) is 0 Å². The van der Waals surface area contributed by atoms with Crippen molar-refractivity contribution in [2.45, 2.75) is 53.4 Å². The topological polar surface area (TPSA) is 156 Å². The van der Waals surface area contributed by atoms with Gasteiger partial charge in [0.05, 0.1) is 38.3 Å². The molecule has 0 saturated heterocycles. The van der Waals surface area contributed by atoms with Gasteiger partial charge < -0.3 is 30.6 Å². The van der Waals surface area contributed by atoms with Crippen LogP contribution in [0.2, 0.25) is 0 Å². The molecule has 1 saturated carbocycles. The molecule has 0 radical (unpaired) electrons. The number of carbonyl (C=O) groups is 2. The summed E-state index contributed by atoms with van der Waals surface area (Å²) >= 11 is 0. The van der Waals surface area contributed by atoms with Crippen LogP contribution >= 0.6 is 0 Å². The minimum atomic E-state index is -0.970. The minimum absolute atomic E-state index is 0.0451. The van der Waals surface area contributed by atoms with E-state index < -0.39 is 23.8 Å². The summed E-state index contributed by atoms with van der Waals surface area (Å²) in [7, 11) is 0. The van der Waals surface area contributed by atoms with E-state index in [0.29, 0.717) is 12.8 Å². The third kappa shape index (κ3) is 12.2. The highest BCUT2D eigenvalue weighted by Crippen LogP contribution is 2.30. The first-order valence-electron chi connectivity index (χ1n) is 8.76. The molecule has 0 heterocycles. The van der Waals surface area contributed by atoms with E-state index in [1.807, 2.05) is 0 Å². The lowest BCUT2D eigenvalue weighted by atomic mass is 9.79. The Morgan fingerprint density at radius 3 is 1.04 bits per heavy atom. The molecule has 6 N–H and O–H groups in total. The minimum Gasteiger partial charge on any atom is -0.481 e. The molecular formula is C18H36O8. The number of hydrogen-bond donors (Lipinski definition) is 6. The zero-order valence-corrected chi connectivity index (χ0v) is 16.3. The molecule has 0 aromatic heterocycles. The Balaban J connectivity index is 0. The summed E-state index contributed by atoms with van der Waals surface area (Å²) in [4.78, 5) is 21.2. The Hall–Kier alpha value is -1.22. The maximum atomic E-state index is 10.6. The summed E-state index contributed by atoms with van der Waals surface area (Å²) < 4.78 is 0. The zero-order valence-electron chi connectivity index (χ0n) is 16.3. The molecule has 156 valence electrons. The van der Waals surface area contributed by atoms with Crippen molar-refractivity contribution in [1.82, 2.24) is 0 Å². The first kappa shape index (κ1) is 27.0. The first-order valence-corrected chi connectivity index (χ1v) is 8.76. The Kier molecular flexibility index (Phi) is 13.5. The van der Waals surface area contributed by atoms with Crippen molar-refractivity contribution >= 4 is 11.9 Å². The van der Waals surface area contributed by atoms with Crippen LogP contribution in [0.5, 0.6) is 0 Å². The number of hydrogen-bond acceptors (Lipinski definition) is 6. The average molecular weight is 380 g/mol. The standard InChI is InChI=1S/C8H12O4.2C5H12O2/c9-7(10)5-3-1-2-4-6(5)8(11)12;2*1-5(2,3-6)4-7/h5-6H,1-4H2,(H,9,10)(H,11,12);2*6-7H,3-4H2,1-2H3. The summed E-state index contributed by atoms with van der Waals surface area (Å²) in [6.07, 6.45) is 2.68. The van der Waals surface area contributed by atoms with Gasteiger partial charge in [-0.3, -0.25) is 9.59 Å². The van der Waals surface area contributed by atoms with E-state index in [1.54, 1.807) is 27.7 Å². The van der Waals surface area contributed by atoms with Crippen molar-refractivity contribution in [3.8, 4) is 0 Å². The molecule has 0 amide bonds. The molecule has 0 spiro atoms. The van der Waals surface area contributed by atoms with Gasteiger partial charge in [0.25, 0.3) is 0 Å². The monoisotopic (exact) mass is 380 g/mol. The lowest BCUT2D eigenvalue weighted by molar-refractivity contribution is -0.155. The summed E-state index contributed by atoms with van der Waals surface area (Å²) in [5, 5.41) is 51.1. The van der Waals surface area contributed by atoms with E-state index in [1.165, 1.54) is 0 Å². The summed E-state index contributed by atoms with van der Waals surface area (Å²) in [6, 6.07) is 0. The van der Waals surface area contributed by atoms with Gasteiger partial charge >= 0.3 is 11.9 Å². The van der Waals surface area contributed by atoms with Gasteiger partial charge in [-0.05, 0) is 12.8 Å². The van der Waals surface area contributed by atoms with Crippen molar-refractivity contribution in [2.24, 2.45) is 22.7 Å². The van der Waals surface area contributed by atoms with Crippen LogP contribution in [-0.2, 0) is 9.59 Å². The number of aliphatic hydroxyl groups excluding tert-OH is 4. The molecule has 0 aromatic carbocycles. The molecule has 1 aliphatic carbocycles. The third-order valence-corrected chi connectivity index (χ3v) is 4.11. The second-order valence-electron chi connectivity index (χ2n) is 8.13. The molecule has 2 atom stereocenters. The van der Waals surface area contributed by atoms with Crippen LogP contribution in [0.3, 0.4) is 0 Å². The van der Waals surface area contributed by atoms with Gasteiger partial charge in [0.15, 0.2) is 0 Å². The predicted octanol–water partition coefficient (Wildman–Crippen LogP) is 0.956. The number of rotatable bonds is 6. The van der Waals surface area contributed by atoms with Crippen LogP contribution < -0.4 is 0 Å². The maximum absolute atomic E-state index is 10.6. The van der Waals surface area contributed by atoms with Gasteiger partial charge in [-0.15, -0.1) is 0 Å². The van der Waals surface area contributed by atoms with E-state index in [0.717, 1.165) is 12.8 Å². The van der Waals surface area contributed by atoms with Crippen LogP contribution in [0.1, 0.15) is 53.4 Å². The van der Waals surface area contributed by atoms with Crippen LogP contribution in [0, 0.1) is 22.7 Å². The Bertz CT molecular complexity index is 356. The molecule has 0 bridgehead atoms. The Labute approximate surface area is 155 Å². The highest BCUT2D eigenvalue weighted by Gasteiger charge is 2.35. The SMILES string of the molecule is CC(C)(CO)CO.CC(C)(CO)CO.O=C(O)C1CCCCC1C(=O)O. The molecule has 1 fully saturated rings. The Morgan fingerprint density at radius 2 is 0.923 bits per heavy atom. The van der Waals surface area contributed by atoms with Crippen LogP contribution in [0.15, 0.2) is 0 Å². The fourth-order valence-corrected chi connectivity index (χ4v) is 1.82. The van der Waals surface area contributed by atoms with Gasteiger partial charge in [0.2, 0.25) is 0 Å². The van der Waals surface area contributed by atoms with Crippen molar-refractivity contribution in [3.05, 3.63) is 0 Å². The third-order valence-electron chi connectivity index (χ3n) is 4.11. The smallest absolute Gasteiger partial charge is 0.307 e. The molecule has 0 aromatic rings. The fraction of sp³-hybridized carbons (Fsp3) is 0.889. The van der Waals surface area contributed by atoms with Gasteiger partial charge in [-0.1, -0.05) is 40.5 Å². The summed E-state index contributed by atoms with van der Waals surface area (Å²) in [5.41, 5.74) is -0.611. The Morgan fingerprint density at radius 1 is 0.692 bits per heavy atom. The van der Waals surface area contributed by atoms with Crippen LogP contribution in [0.25, 0.3) is 0 Å². The number of aliphatic carboxylic acids is 2. The van der Waals surface area contributed by atoms with Crippen molar-refractivity contribution in [1.29, 1.82) is 0 Å². The second kappa shape index (κ2) is 13.0. The lowest BCUT2D eigenvalue weighted by Crippen LogP contribution is -2.32. The molecule has 0 aliphatic heterocycles. The quantitative estimate of drug-likeness (QED) is 0.398. The number of carboxylic acid groups (broad SMARTS) is 2. The van der Waals surface area contributed by atoms with Crippen molar-refractivity contribution in [2.75, 3.05) is 26.4 Å². The van der Waals surface area contributed by atoms with Crippen molar-refractivity contribution in [3.63, 3.8) is 0 Å². The number of carboxylic acids is 2. The molecule has 26 heavy (non-hydrogen) atoms. The number of aliphatic hydroxyl groups is 4. The molecule has 8 nitrogen and oxygen atoms in total.